The van der Waals surface area contributed by atoms with E-state index in [1.807, 2.05) is 13.8 Å². The van der Waals surface area contributed by atoms with Crippen LogP contribution in [0.25, 0.3) is 5.69 Å². The molecule has 0 atom stereocenters. The second-order valence-electron chi connectivity index (χ2n) is 4.93. The molecule has 0 N–H and O–H groups in total. The van der Waals surface area contributed by atoms with Gasteiger partial charge in [-0.3, -0.25) is 14.9 Å². The molecule has 1 aromatic carbocycles. The Kier molecular flexibility index (Phi) is 3.88. The summed E-state index contributed by atoms with van der Waals surface area (Å²) in [6.45, 7) is 7.26. The molecule has 0 saturated carbocycles. The maximum atomic E-state index is 11.6. The highest BCUT2D eigenvalue weighted by molar-refractivity contribution is 5.98. The summed E-state index contributed by atoms with van der Waals surface area (Å²) in [6, 6.07) is 4.50. The standard InChI is InChI=1S/C15H17N3O3/c1-5-13-9(2)16-17(10(13)3)12-6-7-15(18(20)21)14(8-12)11(4)19/h6-8H,5H2,1-4H3. The smallest absolute Gasteiger partial charge is 0.280 e. The average molecular weight is 287 g/mol. The van der Waals surface area contributed by atoms with Crippen molar-refractivity contribution >= 4 is 11.5 Å². The number of benzene rings is 1. The largest absolute Gasteiger partial charge is 0.294 e. The Morgan fingerprint density at radius 3 is 2.52 bits per heavy atom. The Balaban J connectivity index is 2.63. The minimum absolute atomic E-state index is 0.100. The molecule has 2 rings (SSSR count). The van der Waals surface area contributed by atoms with Gasteiger partial charge in [0.05, 0.1) is 21.9 Å². The van der Waals surface area contributed by atoms with Crippen LogP contribution < -0.4 is 0 Å². The van der Waals surface area contributed by atoms with Gasteiger partial charge in [-0.05, 0) is 44.9 Å². The van der Waals surface area contributed by atoms with Crippen LogP contribution in [0, 0.1) is 24.0 Å². The number of aryl methyl sites for hydroxylation is 1. The van der Waals surface area contributed by atoms with E-state index < -0.39 is 4.92 Å². The van der Waals surface area contributed by atoms with Gasteiger partial charge in [0.2, 0.25) is 0 Å². The molecule has 0 amide bonds. The van der Waals surface area contributed by atoms with E-state index in [4.69, 9.17) is 0 Å². The number of ketones is 1. The van der Waals surface area contributed by atoms with Crippen molar-refractivity contribution < 1.29 is 9.72 Å². The zero-order chi connectivity index (χ0) is 15.7. The van der Waals surface area contributed by atoms with Gasteiger partial charge in [0, 0.05) is 11.8 Å². The summed E-state index contributed by atoms with van der Waals surface area (Å²) in [5.41, 5.74) is 3.64. The second-order valence-corrected chi connectivity index (χ2v) is 4.93. The highest BCUT2D eigenvalue weighted by atomic mass is 16.6. The molecule has 0 radical (unpaired) electrons. The van der Waals surface area contributed by atoms with Crippen LogP contribution in [0.2, 0.25) is 0 Å². The number of nitro benzene ring substituents is 1. The topological polar surface area (TPSA) is 78.0 Å². The normalized spacial score (nSPS) is 10.7. The number of rotatable bonds is 4. The summed E-state index contributed by atoms with van der Waals surface area (Å²) in [5.74, 6) is -0.333. The summed E-state index contributed by atoms with van der Waals surface area (Å²) < 4.78 is 1.73. The van der Waals surface area contributed by atoms with Crippen molar-refractivity contribution in [1.82, 2.24) is 9.78 Å². The fourth-order valence-electron chi connectivity index (χ4n) is 2.54. The van der Waals surface area contributed by atoms with Gasteiger partial charge < -0.3 is 0 Å². The van der Waals surface area contributed by atoms with Crippen molar-refractivity contribution in [1.29, 1.82) is 0 Å². The second kappa shape index (κ2) is 5.47. The molecule has 1 heterocycles. The van der Waals surface area contributed by atoms with Crippen molar-refractivity contribution in [3.8, 4) is 5.69 Å². The van der Waals surface area contributed by atoms with Gasteiger partial charge in [-0.1, -0.05) is 6.92 Å². The summed E-state index contributed by atoms with van der Waals surface area (Å²) >= 11 is 0. The molecule has 0 spiro atoms. The Morgan fingerprint density at radius 2 is 2.05 bits per heavy atom. The van der Waals surface area contributed by atoms with Gasteiger partial charge in [0.1, 0.15) is 0 Å². The zero-order valence-corrected chi connectivity index (χ0v) is 12.5. The molecular formula is C15H17N3O3. The lowest BCUT2D eigenvalue weighted by atomic mass is 10.1. The summed E-state index contributed by atoms with van der Waals surface area (Å²) in [4.78, 5) is 22.1. The van der Waals surface area contributed by atoms with Crippen LogP contribution >= 0.6 is 0 Å². The average Bonchev–Trinajstić information content (AvgIpc) is 2.72. The predicted molar refractivity (Wildman–Crippen MR) is 79.1 cm³/mol. The lowest BCUT2D eigenvalue weighted by Gasteiger charge is -2.07. The number of carbonyl (C=O) groups is 1. The van der Waals surface area contributed by atoms with Crippen LogP contribution in [0.15, 0.2) is 18.2 Å². The maximum Gasteiger partial charge on any atom is 0.280 e. The van der Waals surface area contributed by atoms with E-state index in [1.54, 1.807) is 10.7 Å². The van der Waals surface area contributed by atoms with Crippen molar-refractivity contribution in [2.45, 2.75) is 34.1 Å². The molecule has 2 aromatic rings. The number of Topliss-reactive ketones (excluding diaryl/α,β-unsaturated/α-hetero) is 1. The molecule has 0 bridgehead atoms. The van der Waals surface area contributed by atoms with Crippen molar-refractivity contribution in [3.05, 3.63) is 50.8 Å². The minimum atomic E-state index is -0.542. The van der Waals surface area contributed by atoms with Gasteiger partial charge in [-0.15, -0.1) is 0 Å². The van der Waals surface area contributed by atoms with E-state index in [1.165, 1.54) is 19.1 Å². The van der Waals surface area contributed by atoms with Gasteiger partial charge in [0.25, 0.3) is 5.69 Å². The van der Waals surface area contributed by atoms with Crippen LogP contribution in [-0.2, 0) is 6.42 Å². The van der Waals surface area contributed by atoms with Gasteiger partial charge in [-0.25, -0.2) is 4.68 Å². The minimum Gasteiger partial charge on any atom is -0.294 e. The monoisotopic (exact) mass is 287 g/mol. The van der Waals surface area contributed by atoms with Crippen LogP contribution in [0.1, 0.15) is 41.2 Å². The highest BCUT2D eigenvalue weighted by Crippen LogP contribution is 2.24. The molecule has 21 heavy (non-hydrogen) atoms. The van der Waals surface area contributed by atoms with E-state index in [-0.39, 0.29) is 17.0 Å². The first-order valence-corrected chi connectivity index (χ1v) is 6.71. The Morgan fingerprint density at radius 1 is 1.38 bits per heavy atom. The molecule has 6 nitrogen and oxygen atoms in total. The number of hydrogen-bond donors (Lipinski definition) is 0. The molecule has 0 aliphatic heterocycles. The van der Waals surface area contributed by atoms with Crippen LogP contribution in [-0.4, -0.2) is 20.5 Å². The number of aromatic nitrogens is 2. The third kappa shape index (κ3) is 2.56. The van der Waals surface area contributed by atoms with E-state index in [9.17, 15) is 14.9 Å². The Labute approximate surface area is 122 Å². The first kappa shape index (κ1) is 14.9. The molecule has 110 valence electrons. The summed E-state index contributed by atoms with van der Waals surface area (Å²) in [7, 11) is 0. The summed E-state index contributed by atoms with van der Waals surface area (Å²) in [6.07, 6.45) is 0.865. The molecule has 6 heteroatoms. The lowest BCUT2D eigenvalue weighted by Crippen LogP contribution is -2.05. The van der Waals surface area contributed by atoms with E-state index in [2.05, 4.69) is 12.0 Å². The molecule has 0 aliphatic carbocycles. The molecular weight excluding hydrogens is 270 g/mol. The van der Waals surface area contributed by atoms with E-state index in [0.717, 1.165) is 23.4 Å². The third-order valence-corrected chi connectivity index (χ3v) is 3.60. The predicted octanol–water partition coefficient (Wildman–Crippen LogP) is 3.16. The number of carbonyl (C=O) groups excluding carboxylic acids is 1. The molecule has 0 unspecified atom stereocenters. The van der Waals surface area contributed by atoms with E-state index >= 15 is 0 Å². The quantitative estimate of drug-likeness (QED) is 0.491. The lowest BCUT2D eigenvalue weighted by molar-refractivity contribution is -0.385. The van der Waals surface area contributed by atoms with Gasteiger partial charge in [-0.2, -0.15) is 5.10 Å². The van der Waals surface area contributed by atoms with Crippen LogP contribution in [0.3, 0.4) is 0 Å². The molecule has 0 fully saturated rings. The number of nitro groups is 1. The molecule has 0 aliphatic rings. The summed E-state index contributed by atoms with van der Waals surface area (Å²) in [5, 5.41) is 15.4. The first-order valence-electron chi connectivity index (χ1n) is 6.71. The molecule has 0 saturated heterocycles. The van der Waals surface area contributed by atoms with Crippen LogP contribution in [0.4, 0.5) is 5.69 Å². The van der Waals surface area contributed by atoms with Crippen LogP contribution in [0.5, 0.6) is 0 Å². The third-order valence-electron chi connectivity index (χ3n) is 3.60. The first-order chi connectivity index (χ1) is 9.86. The SMILES string of the molecule is CCc1c(C)nn(-c2ccc([N+](=O)[O-])c(C(C)=O)c2)c1C. The van der Waals surface area contributed by atoms with Crippen molar-refractivity contribution in [2.24, 2.45) is 0 Å². The van der Waals surface area contributed by atoms with Gasteiger partial charge in [0.15, 0.2) is 5.78 Å². The number of nitrogens with zero attached hydrogens (tertiary/aromatic N) is 3. The Bertz CT molecular complexity index is 732. The van der Waals surface area contributed by atoms with E-state index in [0.29, 0.717) is 5.69 Å². The zero-order valence-electron chi connectivity index (χ0n) is 12.5. The van der Waals surface area contributed by atoms with Crippen molar-refractivity contribution in [3.63, 3.8) is 0 Å². The number of hydrogen-bond acceptors (Lipinski definition) is 4. The fraction of sp³-hybridized carbons (Fsp3) is 0.333. The Hall–Kier alpha value is -2.50. The van der Waals surface area contributed by atoms with Gasteiger partial charge >= 0.3 is 0 Å². The highest BCUT2D eigenvalue weighted by Gasteiger charge is 2.19. The maximum absolute atomic E-state index is 11.6. The van der Waals surface area contributed by atoms with Crippen molar-refractivity contribution in [2.75, 3.05) is 0 Å². The molecule has 1 aromatic heterocycles. The fourth-order valence-corrected chi connectivity index (χ4v) is 2.54.